The van der Waals surface area contributed by atoms with Gasteiger partial charge < -0.3 is 33.8 Å². The topological polar surface area (TPSA) is 237 Å². The average Bonchev–Trinajstić information content (AvgIpc) is 0.961. The predicted octanol–water partition coefficient (Wildman–Crippen LogP) is 24.3. The normalized spacial score (nSPS) is 14.2. The molecule has 19 heteroatoms. The number of esters is 4. The van der Waals surface area contributed by atoms with Crippen LogP contribution in [0.2, 0.25) is 0 Å². The molecule has 0 radical (unpaired) electrons. The summed E-state index contributed by atoms with van der Waals surface area (Å²) in [7, 11) is -9.92. The highest BCUT2D eigenvalue weighted by Crippen LogP contribution is 2.45. The molecule has 0 aliphatic rings. The van der Waals surface area contributed by atoms with Crippen molar-refractivity contribution < 1.29 is 80.2 Å². The minimum Gasteiger partial charge on any atom is -0.462 e. The van der Waals surface area contributed by atoms with Gasteiger partial charge in [0, 0.05) is 25.7 Å². The molecule has 0 aromatic carbocycles. The molecule has 0 aliphatic heterocycles. The van der Waals surface area contributed by atoms with Gasteiger partial charge >= 0.3 is 39.5 Å². The molecule has 0 saturated heterocycles. The number of rotatable bonds is 80. The van der Waals surface area contributed by atoms with Crippen molar-refractivity contribution in [2.24, 2.45) is 11.8 Å². The smallest absolute Gasteiger partial charge is 0.462 e. The first-order valence-electron chi connectivity index (χ1n) is 42.0. The molecule has 0 fully saturated rings. The zero-order valence-corrected chi connectivity index (χ0v) is 67.3. The van der Waals surface area contributed by atoms with Crippen LogP contribution in [0.25, 0.3) is 0 Å². The lowest BCUT2D eigenvalue weighted by Crippen LogP contribution is -2.30. The summed E-state index contributed by atoms with van der Waals surface area (Å²) in [6.45, 7) is 9.54. The quantitative estimate of drug-likeness (QED) is 0.0222. The van der Waals surface area contributed by atoms with E-state index in [0.29, 0.717) is 31.6 Å². The maximum Gasteiger partial charge on any atom is 0.472 e. The molecule has 0 aromatic heterocycles. The summed E-state index contributed by atoms with van der Waals surface area (Å²) >= 11 is 0. The lowest BCUT2D eigenvalue weighted by Gasteiger charge is -2.21. The Morgan fingerprint density at radius 3 is 0.760 bits per heavy atom. The number of aliphatic hydroxyl groups is 1. The van der Waals surface area contributed by atoms with Crippen LogP contribution in [-0.2, 0) is 65.4 Å². The Kier molecular flexibility index (Phi) is 71.2. The third kappa shape index (κ3) is 73.0. The van der Waals surface area contributed by atoms with Gasteiger partial charge in [0.05, 0.1) is 26.4 Å². The zero-order valence-electron chi connectivity index (χ0n) is 65.5. The van der Waals surface area contributed by atoms with Gasteiger partial charge in [-0.1, -0.05) is 375 Å². The van der Waals surface area contributed by atoms with Crippen molar-refractivity contribution in [1.82, 2.24) is 0 Å². The fourth-order valence-electron chi connectivity index (χ4n) is 12.5. The fraction of sp³-hybridized carbons (Fsp3) is 0.951. The Labute approximate surface area is 613 Å². The minimum atomic E-state index is -4.96. The Morgan fingerprint density at radius 1 is 0.290 bits per heavy atom. The van der Waals surface area contributed by atoms with Crippen LogP contribution >= 0.6 is 15.6 Å². The van der Waals surface area contributed by atoms with Crippen LogP contribution in [0.5, 0.6) is 0 Å². The number of hydrogen-bond donors (Lipinski definition) is 3. The van der Waals surface area contributed by atoms with Crippen LogP contribution in [0.4, 0.5) is 0 Å². The van der Waals surface area contributed by atoms with Gasteiger partial charge in [-0.2, -0.15) is 0 Å². The van der Waals surface area contributed by atoms with E-state index in [0.717, 1.165) is 102 Å². The molecule has 100 heavy (non-hydrogen) atoms. The number of phosphoric acid groups is 2. The van der Waals surface area contributed by atoms with Crippen molar-refractivity contribution in [2.45, 2.75) is 445 Å². The molecule has 0 bridgehead atoms. The molecule has 6 atom stereocenters. The molecule has 17 nitrogen and oxygen atoms in total. The zero-order chi connectivity index (χ0) is 73.5. The van der Waals surface area contributed by atoms with Crippen LogP contribution in [0.15, 0.2) is 0 Å². The van der Waals surface area contributed by atoms with E-state index in [2.05, 4.69) is 41.5 Å². The maximum atomic E-state index is 13.1. The van der Waals surface area contributed by atoms with Crippen molar-refractivity contribution in [3.8, 4) is 0 Å². The lowest BCUT2D eigenvalue weighted by atomic mass is 9.99. The van der Waals surface area contributed by atoms with E-state index < -0.39 is 97.5 Å². The number of phosphoric ester groups is 2. The van der Waals surface area contributed by atoms with Crippen LogP contribution < -0.4 is 0 Å². The summed E-state index contributed by atoms with van der Waals surface area (Å²) < 4.78 is 68.6. The Bertz CT molecular complexity index is 1930. The summed E-state index contributed by atoms with van der Waals surface area (Å²) in [5.41, 5.74) is 0. The number of ether oxygens (including phenoxy) is 4. The molecule has 0 aliphatic carbocycles. The van der Waals surface area contributed by atoms with E-state index in [1.54, 1.807) is 0 Å². The van der Waals surface area contributed by atoms with E-state index in [1.165, 1.54) is 238 Å². The largest absolute Gasteiger partial charge is 0.472 e. The number of carbonyl (C=O) groups is 4. The summed E-state index contributed by atoms with van der Waals surface area (Å²) in [4.78, 5) is 72.9. The van der Waals surface area contributed by atoms with Crippen molar-refractivity contribution in [3.05, 3.63) is 0 Å². The molecule has 0 rings (SSSR count). The summed E-state index contributed by atoms with van der Waals surface area (Å²) in [6, 6.07) is 0. The van der Waals surface area contributed by atoms with E-state index in [9.17, 15) is 43.2 Å². The number of unbranched alkanes of at least 4 members (excludes halogenated alkanes) is 49. The molecule has 594 valence electrons. The molecular formula is C81H158O17P2. The molecule has 0 heterocycles. The van der Waals surface area contributed by atoms with E-state index in [-0.39, 0.29) is 25.7 Å². The third-order valence-electron chi connectivity index (χ3n) is 19.3. The standard InChI is InChI=1S/C81H158O17P2/c1-7-10-12-14-16-18-20-22-24-26-27-28-29-30-32-34-36-38-40-45-53-59-65-80(85)97-76(69-91-78(83)63-57-51-44-39-37-35-33-31-25-23-21-19-17-15-13-11-8-2)71-95-99(87,88)93-67-75(82)68-94-100(89,90)96-72-77(70-92-79(84)64-58-52-48-47-49-55-61-73(4)5)98-81(86)66-60-54-46-42-41-43-50-56-62-74(6)9-3/h73-77,82H,7-72H2,1-6H3,(H,87,88)(H,89,90)/t74?,75-,76-,77-/m1/s1. The number of carbonyl (C=O) groups excluding carboxylic acids is 4. The molecule has 0 amide bonds. The van der Waals surface area contributed by atoms with E-state index in [1.807, 2.05) is 0 Å². The fourth-order valence-corrected chi connectivity index (χ4v) is 14.1. The van der Waals surface area contributed by atoms with Gasteiger partial charge in [0.2, 0.25) is 0 Å². The maximum absolute atomic E-state index is 13.1. The van der Waals surface area contributed by atoms with Crippen molar-refractivity contribution >= 4 is 39.5 Å². The highest BCUT2D eigenvalue weighted by molar-refractivity contribution is 7.47. The first-order valence-corrected chi connectivity index (χ1v) is 45.0. The molecule has 0 spiro atoms. The van der Waals surface area contributed by atoms with Gasteiger partial charge in [-0.25, -0.2) is 9.13 Å². The van der Waals surface area contributed by atoms with E-state index in [4.69, 9.17) is 37.0 Å². The molecular weight excluding hydrogens is 1310 g/mol. The van der Waals surface area contributed by atoms with Gasteiger partial charge in [0.15, 0.2) is 12.2 Å². The van der Waals surface area contributed by atoms with Gasteiger partial charge in [0.1, 0.15) is 19.3 Å². The Balaban J connectivity index is 5.19. The summed E-state index contributed by atoms with van der Waals surface area (Å²) in [6.07, 6.45) is 62.8. The molecule has 3 N–H and O–H groups in total. The van der Waals surface area contributed by atoms with Crippen molar-refractivity contribution in [3.63, 3.8) is 0 Å². The first kappa shape index (κ1) is 98.1. The van der Waals surface area contributed by atoms with Crippen LogP contribution in [0, 0.1) is 11.8 Å². The predicted molar refractivity (Wildman–Crippen MR) is 409 cm³/mol. The van der Waals surface area contributed by atoms with Crippen molar-refractivity contribution in [2.75, 3.05) is 39.6 Å². The Morgan fingerprint density at radius 2 is 0.510 bits per heavy atom. The third-order valence-corrected chi connectivity index (χ3v) is 21.2. The molecule has 0 aromatic rings. The second-order valence-electron chi connectivity index (χ2n) is 29.9. The van der Waals surface area contributed by atoms with Crippen LogP contribution in [-0.4, -0.2) is 96.7 Å². The van der Waals surface area contributed by atoms with Gasteiger partial charge in [0.25, 0.3) is 0 Å². The van der Waals surface area contributed by atoms with Crippen LogP contribution in [0.1, 0.15) is 427 Å². The summed E-state index contributed by atoms with van der Waals surface area (Å²) in [5, 5.41) is 10.6. The molecule has 3 unspecified atom stereocenters. The van der Waals surface area contributed by atoms with Gasteiger partial charge in [-0.05, 0) is 37.5 Å². The van der Waals surface area contributed by atoms with Gasteiger partial charge in [-0.15, -0.1) is 0 Å². The van der Waals surface area contributed by atoms with Crippen molar-refractivity contribution in [1.29, 1.82) is 0 Å². The summed E-state index contributed by atoms with van der Waals surface area (Å²) in [5.74, 6) is -0.665. The van der Waals surface area contributed by atoms with E-state index >= 15 is 0 Å². The lowest BCUT2D eigenvalue weighted by molar-refractivity contribution is -0.161. The monoisotopic (exact) mass is 1470 g/mol. The average molecular weight is 1470 g/mol. The van der Waals surface area contributed by atoms with Crippen LogP contribution in [0.3, 0.4) is 0 Å². The number of aliphatic hydroxyl groups excluding tert-OH is 1. The number of hydrogen-bond acceptors (Lipinski definition) is 15. The highest BCUT2D eigenvalue weighted by atomic mass is 31.2. The highest BCUT2D eigenvalue weighted by Gasteiger charge is 2.30. The Hall–Kier alpha value is -1.94. The SMILES string of the molecule is CCCCCCCCCCCCCCCCCCCCCCCCC(=O)O[C@H](COC(=O)CCCCCCCCCCCCCCCCCCC)COP(=O)(O)OC[C@@H](O)COP(=O)(O)OC[C@@H](COC(=O)CCCCCCCCC(C)C)OC(=O)CCCCCCCCCCC(C)CC. The minimum absolute atomic E-state index is 0.104. The first-order chi connectivity index (χ1) is 48.4. The second-order valence-corrected chi connectivity index (χ2v) is 32.8. The second kappa shape index (κ2) is 72.6. The molecule has 0 saturated carbocycles. The van der Waals surface area contributed by atoms with Gasteiger partial charge in [-0.3, -0.25) is 37.3 Å².